The van der Waals surface area contributed by atoms with Crippen LogP contribution in [0.4, 0.5) is 0 Å². The number of ether oxygens (including phenoxy) is 2. The second kappa shape index (κ2) is 46.7. The van der Waals surface area contributed by atoms with E-state index >= 15 is 0 Å². The molecule has 0 bridgehead atoms. The number of esters is 2. The molecule has 0 amide bonds. The van der Waals surface area contributed by atoms with E-state index in [0.29, 0.717) is 19.3 Å². The first-order chi connectivity index (χ1) is 30.2. The van der Waals surface area contributed by atoms with E-state index in [1.54, 1.807) is 0 Å². The van der Waals surface area contributed by atoms with Gasteiger partial charge >= 0.3 is 19.8 Å². The third kappa shape index (κ3) is 45.7. The first kappa shape index (κ1) is 59.7. The maximum Gasteiger partial charge on any atom is 0.472 e. The van der Waals surface area contributed by atoms with Gasteiger partial charge < -0.3 is 24.6 Å². The predicted molar refractivity (Wildman–Crippen MR) is 256 cm³/mol. The van der Waals surface area contributed by atoms with Crippen molar-refractivity contribution in [3.8, 4) is 0 Å². The lowest BCUT2D eigenvalue weighted by molar-refractivity contribution is -0.161. The molecule has 3 N–H and O–H groups in total. The number of hydrogen-bond acceptors (Lipinski definition) is 9. The Labute approximate surface area is 378 Å². The predicted octanol–water partition coefficient (Wildman–Crippen LogP) is 13.8. The van der Waals surface area contributed by atoms with Crippen molar-refractivity contribution in [1.29, 1.82) is 0 Å². The number of allylic oxidation sites excluding steroid dienone is 10. The molecule has 0 aromatic carbocycles. The van der Waals surface area contributed by atoms with Gasteiger partial charge in [-0.25, -0.2) is 4.57 Å². The van der Waals surface area contributed by atoms with E-state index < -0.39 is 51.8 Å². The van der Waals surface area contributed by atoms with Gasteiger partial charge in [0.2, 0.25) is 0 Å². The molecule has 1 unspecified atom stereocenters. The smallest absolute Gasteiger partial charge is 0.462 e. The highest BCUT2D eigenvalue weighted by atomic mass is 31.2. The lowest BCUT2D eigenvalue weighted by Gasteiger charge is -2.20. The van der Waals surface area contributed by atoms with Crippen LogP contribution >= 0.6 is 7.82 Å². The molecular weight excluding hydrogens is 804 g/mol. The molecule has 0 aliphatic heterocycles. The lowest BCUT2D eigenvalue weighted by atomic mass is 10.0. The number of aliphatic hydroxyl groups excluding tert-OH is 2. The Kier molecular flexibility index (Phi) is 44.9. The molecule has 0 spiro atoms. The highest BCUT2D eigenvalue weighted by Crippen LogP contribution is 2.43. The van der Waals surface area contributed by atoms with Gasteiger partial charge in [0, 0.05) is 12.8 Å². The minimum atomic E-state index is -4.64. The third-order valence-electron chi connectivity index (χ3n) is 10.4. The molecule has 0 heterocycles. The second-order valence-corrected chi connectivity index (χ2v) is 17.9. The molecule has 0 radical (unpaired) electrons. The van der Waals surface area contributed by atoms with E-state index in [9.17, 15) is 24.2 Å². The molecule has 0 rings (SSSR count). The average Bonchev–Trinajstić information content (AvgIpc) is 3.26. The Hall–Kier alpha value is -2.33. The molecular formula is C51H91O10P. The van der Waals surface area contributed by atoms with Crippen LogP contribution in [-0.4, -0.2) is 65.7 Å². The number of phosphoric acid groups is 1. The van der Waals surface area contributed by atoms with Gasteiger partial charge in [-0.15, -0.1) is 0 Å². The van der Waals surface area contributed by atoms with E-state index in [-0.39, 0.29) is 19.4 Å². The molecule has 3 atom stereocenters. The van der Waals surface area contributed by atoms with Gasteiger partial charge in [-0.1, -0.05) is 209 Å². The Bertz CT molecular complexity index is 1210. The summed E-state index contributed by atoms with van der Waals surface area (Å²) in [5.41, 5.74) is 0. The van der Waals surface area contributed by atoms with Crippen LogP contribution in [0.25, 0.3) is 0 Å². The molecule has 62 heavy (non-hydrogen) atoms. The quantitative estimate of drug-likeness (QED) is 0.0233. The minimum absolute atomic E-state index is 0.163. The van der Waals surface area contributed by atoms with E-state index in [1.165, 1.54) is 116 Å². The molecule has 0 aliphatic rings. The van der Waals surface area contributed by atoms with Crippen LogP contribution < -0.4 is 0 Å². The van der Waals surface area contributed by atoms with Crippen LogP contribution in [0.2, 0.25) is 0 Å². The lowest BCUT2D eigenvalue weighted by Crippen LogP contribution is -2.29. The summed E-state index contributed by atoms with van der Waals surface area (Å²) in [5, 5.41) is 18.4. The Balaban J connectivity index is 4.24. The normalized spacial score (nSPS) is 14.2. The van der Waals surface area contributed by atoms with Crippen molar-refractivity contribution in [1.82, 2.24) is 0 Å². The summed E-state index contributed by atoms with van der Waals surface area (Å²) in [6.45, 7) is 2.23. The fourth-order valence-corrected chi connectivity index (χ4v) is 7.47. The van der Waals surface area contributed by atoms with Gasteiger partial charge in [-0.3, -0.25) is 18.6 Å². The number of hydrogen-bond donors (Lipinski definition) is 3. The molecule has 0 saturated heterocycles. The number of aliphatic hydroxyl groups is 2. The molecule has 0 fully saturated rings. The van der Waals surface area contributed by atoms with Crippen molar-refractivity contribution in [2.24, 2.45) is 0 Å². The molecule has 0 aromatic heterocycles. The molecule has 0 saturated carbocycles. The van der Waals surface area contributed by atoms with Crippen molar-refractivity contribution < 1.29 is 47.8 Å². The summed E-state index contributed by atoms with van der Waals surface area (Å²) in [6.07, 6.45) is 53.4. The van der Waals surface area contributed by atoms with Gasteiger partial charge in [0.25, 0.3) is 0 Å². The summed E-state index contributed by atoms with van der Waals surface area (Å²) in [5.74, 6) is -0.988. The number of carbonyl (C=O) groups is 2. The van der Waals surface area contributed by atoms with E-state index in [2.05, 4.69) is 68.5 Å². The Morgan fingerprint density at radius 3 is 1.32 bits per heavy atom. The molecule has 10 nitrogen and oxygen atoms in total. The van der Waals surface area contributed by atoms with Gasteiger partial charge in [-0.2, -0.15) is 0 Å². The second-order valence-electron chi connectivity index (χ2n) is 16.5. The van der Waals surface area contributed by atoms with Crippen molar-refractivity contribution in [2.75, 3.05) is 26.4 Å². The molecule has 360 valence electrons. The van der Waals surface area contributed by atoms with E-state index in [1.807, 2.05) is 6.08 Å². The highest BCUT2D eigenvalue weighted by Gasteiger charge is 2.27. The van der Waals surface area contributed by atoms with E-state index in [0.717, 1.165) is 51.4 Å². The SMILES string of the molecule is CC/C=C/C/C=C/C/C=C/C/C=C/C/C=C/CCCC(=O)OC[C@H](COP(=O)(O)OC[C@@H](O)CO)OC(=O)CCCCCCCCCCCCCCCCCCCCCCCC. The zero-order valence-electron chi connectivity index (χ0n) is 39.3. The van der Waals surface area contributed by atoms with Crippen LogP contribution in [0.3, 0.4) is 0 Å². The van der Waals surface area contributed by atoms with Gasteiger partial charge in [0.1, 0.15) is 12.7 Å². The zero-order chi connectivity index (χ0) is 45.5. The fraction of sp³-hybridized carbons (Fsp3) is 0.765. The Morgan fingerprint density at radius 2 is 0.887 bits per heavy atom. The fourth-order valence-electron chi connectivity index (χ4n) is 6.68. The van der Waals surface area contributed by atoms with Crippen LogP contribution in [0.5, 0.6) is 0 Å². The zero-order valence-corrected chi connectivity index (χ0v) is 40.2. The average molecular weight is 895 g/mol. The number of rotatable bonds is 46. The first-order valence-electron chi connectivity index (χ1n) is 24.7. The van der Waals surface area contributed by atoms with Gasteiger partial charge in [-0.05, 0) is 51.4 Å². The largest absolute Gasteiger partial charge is 0.472 e. The van der Waals surface area contributed by atoms with Crippen molar-refractivity contribution in [2.45, 2.75) is 225 Å². The highest BCUT2D eigenvalue weighted by molar-refractivity contribution is 7.47. The van der Waals surface area contributed by atoms with Crippen molar-refractivity contribution in [3.05, 3.63) is 60.8 Å². The number of carbonyl (C=O) groups excluding carboxylic acids is 2. The van der Waals surface area contributed by atoms with Crippen LogP contribution in [0, 0.1) is 0 Å². The van der Waals surface area contributed by atoms with E-state index in [4.69, 9.17) is 23.6 Å². The molecule has 0 aliphatic carbocycles. The van der Waals surface area contributed by atoms with Crippen LogP contribution in [0.1, 0.15) is 213 Å². The van der Waals surface area contributed by atoms with Crippen LogP contribution in [-0.2, 0) is 32.7 Å². The summed E-state index contributed by atoms with van der Waals surface area (Å²) in [7, 11) is -4.64. The van der Waals surface area contributed by atoms with Gasteiger partial charge in [0.05, 0.1) is 19.8 Å². The maximum atomic E-state index is 12.7. The maximum absolute atomic E-state index is 12.7. The third-order valence-corrected chi connectivity index (χ3v) is 11.4. The van der Waals surface area contributed by atoms with Gasteiger partial charge in [0.15, 0.2) is 6.10 Å². The monoisotopic (exact) mass is 895 g/mol. The summed E-state index contributed by atoms with van der Waals surface area (Å²) in [6, 6.07) is 0. The standard InChI is InChI=1S/C51H91O10P/c1-3-5-7-9-11-13-15-17-19-21-22-23-24-25-27-29-31-33-35-37-39-41-43-51(55)61-49(47-60-62(56,57)59-45-48(53)44-52)46-58-50(54)42-40-38-36-34-32-30-28-26-20-18-16-14-12-10-8-6-4-2/h6,8,12,14,18,20,28,30,34,36,48-49,52-53H,3-5,7,9-11,13,15-17,19,21-27,29,31-33,35,37-47H2,1-2H3,(H,56,57)/b8-6+,14-12+,20-18+,30-28+,36-34+/t48-,49+/m0/s1. The van der Waals surface area contributed by atoms with Crippen molar-refractivity contribution in [3.63, 3.8) is 0 Å². The van der Waals surface area contributed by atoms with Crippen molar-refractivity contribution >= 4 is 19.8 Å². The topological polar surface area (TPSA) is 149 Å². The molecule has 11 heteroatoms. The summed E-state index contributed by atoms with van der Waals surface area (Å²) >= 11 is 0. The number of phosphoric ester groups is 1. The molecule has 0 aromatic rings. The Morgan fingerprint density at radius 1 is 0.500 bits per heavy atom. The minimum Gasteiger partial charge on any atom is -0.462 e. The summed E-state index contributed by atoms with van der Waals surface area (Å²) < 4.78 is 32.8. The van der Waals surface area contributed by atoms with Crippen LogP contribution in [0.15, 0.2) is 60.8 Å². The summed E-state index contributed by atoms with van der Waals surface area (Å²) in [4.78, 5) is 35.1. The number of unbranched alkanes of at least 4 members (excludes halogenated alkanes) is 22. The first-order valence-corrected chi connectivity index (χ1v) is 26.2.